The van der Waals surface area contributed by atoms with Crippen LogP contribution in [-0.4, -0.2) is 44.5 Å². The Hall–Kier alpha value is -3.65. The Morgan fingerprint density at radius 3 is 2.96 bits per heavy atom. The molecule has 5 aromatic heterocycles. The minimum Gasteiger partial charge on any atom is -0.271 e. The Morgan fingerprint density at radius 1 is 1.21 bits per heavy atom. The van der Waals surface area contributed by atoms with Gasteiger partial charge in [-0.1, -0.05) is 5.21 Å². The Balaban J connectivity index is 1.48. The number of fused-ring (bicyclic) bond motifs is 2. The van der Waals surface area contributed by atoms with Gasteiger partial charge in [0, 0.05) is 29.4 Å². The van der Waals surface area contributed by atoms with Crippen molar-refractivity contribution in [3.05, 3.63) is 35.7 Å². The summed E-state index contributed by atoms with van der Waals surface area (Å²) in [6.45, 7) is 3.66. The summed E-state index contributed by atoms with van der Waals surface area (Å²) in [5.41, 5.74) is 3.54. The van der Waals surface area contributed by atoms with Gasteiger partial charge in [0.1, 0.15) is 12.1 Å². The highest BCUT2D eigenvalue weighted by Crippen LogP contribution is 2.26. The molecule has 28 heavy (non-hydrogen) atoms. The van der Waals surface area contributed by atoms with Gasteiger partial charge in [-0.2, -0.15) is 15.5 Å². The van der Waals surface area contributed by atoms with Gasteiger partial charge in [0.2, 0.25) is 5.65 Å². The molecule has 0 unspecified atom stereocenters. The van der Waals surface area contributed by atoms with Crippen molar-refractivity contribution in [1.29, 1.82) is 5.26 Å². The van der Waals surface area contributed by atoms with Gasteiger partial charge >= 0.3 is 0 Å². The molecule has 10 nitrogen and oxygen atoms in total. The van der Waals surface area contributed by atoms with Crippen molar-refractivity contribution >= 4 is 32.8 Å². The standard InChI is InChI=1S/C17H14N10S/c1-2-25-10-15-13(23-25)5-12(28-15)9-27-17-16(22-24-27)19-7-14(21-17)11-6-20-26(8-11)4-3-18/h5-8,10H,2,4,9H2,1H3. The first kappa shape index (κ1) is 16.5. The van der Waals surface area contributed by atoms with Gasteiger partial charge in [-0.25, -0.2) is 14.6 Å². The minimum absolute atomic E-state index is 0.190. The first-order valence-corrected chi connectivity index (χ1v) is 9.47. The van der Waals surface area contributed by atoms with Crippen LogP contribution < -0.4 is 0 Å². The van der Waals surface area contributed by atoms with Gasteiger partial charge in [0.15, 0.2) is 5.65 Å². The molecule has 0 aromatic carbocycles. The van der Waals surface area contributed by atoms with Crippen molar-refractivity contribution in [2.45, 2.75) is 26.6 Å². The predicted molar refractivity (Wildman–Crippen MR) is 102 cm³/mol. The lowest BCUT2D eigenvalue weighted by molar-refractivity contribution is 0.664. The zero-order chi connectivity index (χ0) is 19.1. The third-order valence-corrected chi connectivity index (χ3v) is 5.36. The van der Waals surface area contributed by atoms with Crippen molar-refractivity contribution in [2.75, 3.05) is 0 Å². The van der Waals surface area contributed by atoms with E-state index in [-0.39, 0.29) is 6.54 Å². The SMILES string of the molecule is CCn1cc2sc(Cn3nnc4ncc(-c5cnn(CC#N)c5)nc43)cc2n1. The third-order valence-electron chi connectivity index (χ3n) is 4.31. The number of hydrogen-bond donors (Lipinski definition) is 0. The second-order valence-corrected chi connectivity index (χ2v) is 7.35. The van der Waals surface area contributed by atoms with Crippen LogP contribution >= 0.6 is 11.3 Å². The van der Waals surface area contributed by atoms with Crippen LogP contribution in [0, 0.1) is 11.3 Å². The topological polar surface area (TPSA) is 116 Å². The van der Waals surface area contributed by atoms with E-state index >= 15 is 0 Å². The largest absolute Gasteiger partial charge is 0.271 e. The van der Waals surface area contributed by atoms with E-state index in [9.17, 15) is 0 Å². The molecular formula is C17H14N10S. The number of rotatable bonds is 5. The van der Waals surface area contributed by atoms with Crippen LogP contribution in [0.1, 0.15) is 11.8 Å². The van der Waals surface area contributed by atoms with Crippen LogP contribution in [0.5, 0.6) is 0 Å². The van der Waals surface area contributed by atoms with E-state index < -0.39 is 0 Å². The van der Waals surface area contributed by atoms with Crippen molar-refractivity contribution in [3.8, 4) is 17.3 Å². The molecule has 138 valence electrons. The van der Waals surface area contributed by atoms with Crippen LogP contribution in [0.15, 0.2) is 30.9 Å². The maximum atomic E-state index is 8.79. The molecule has 0 aliphatic heterocycles. The molecule has 0 aliphatic rings. The average Bonchev–Trinajstić information content (AvgIpc) is 3.45. The molecule has 5 aromatic rings. The van der Waals surface area contributed by atoms with Gasteiger partial charge < -0.3 is 0 Å². The summed E-state index contributed by atoms with van der Waals surface area (Å²) in [6, 6.07) is 4.13. The number of hydrogen-bond acceptors (Lipinski definition) is 8. The number of thiophene rings is 1. The first-order chi connectivity index (χ1) is 13.7. The zero-order valence-corrected chi connectivity index (χ0v) is 15.7. The summed E-state index contributed by atoms with van der Waals surface area (Å²) >= 11 is 1.69. The average molecular weight is 390 g/mol. The third kappa shape index (κ3) is 2.80. The first-order valence-electron chi connectivity index (χ1n) is 8.65. The number of nitrogens with zero attached hydrogens (tertiary/aromatic N) is 10. The smallest absolute Gasteiger partial charge is 0.221 e. The van der Waals surface area contributed by atoms with Gasteiger partial charge in [-0.3, -0.25) is 9.36 Å². The minimum atomic E-state index is 0.190. The van der Waals surface area contributed by atoms with Crippen LogP contribution in [0.2, 0.25) is 0 Å². The highest BCUT2D eigenvalue weighted by atomic mass is 32.1. The molecule has 5 heterocycles. The van der Waals surface area contributed by atoms with E-state index in [0.717, 1.165) is 27.2 Å². The number of nitriles is 1. The van der Waals surface area contributed by atoms with Gasteiger partial charge in [-0.15, -0.1) is 16.4 Å². The molecule has 0 N–H and O–H groups in total. The molecule has 0 fully saturated rings. The maximum Gasteiger partial charge on any atom is 0.221 e. The lowest BCUT2D eigenvalue weighted by atomic mass is 10.3. The molecule has 0 saturated heterocycles. The Labute approximate surface area is 162 Å². The van der Waals surface area contributed by atoms with E-state index in [1.807, 2.05) is 4.68 Å². The van der Waals surface area contributed by atoms with Crippen molar-refractivity contribution < 1.29 is 0 Å². The summed E-state index contributed by atoms with van der Waals surface area (Å²) in [4.78, 5) is 10.2. The molecule has 0 amide bonds. The lowest BCUT2D eigenvalue weighted by Gasteiger charge is -2.00. The van der Waals surface area contributed by atoms with E-state index in [2.05, 4.69) is 55.7 Å². The fraction of sp³-hybridized carbons (Fsp3) is 0.235. The van der Waals surface area contributed by atoms with E-state index in [1.165, 1.54) is 0 Å². The molecule has 0 aliphatic carbocycles. The summed E-state index contributed by atoms with van der Waals surface area (Å²) < 4.78 is 6.38. The van der Waals surface area contributed by atoms with Crippen LogP contribution in [0.25, 0.3) is 32.8 Å². The van der Waals surface area contributed by atoms with Crippen LogP contribution in [0.3, 0.4) is 0 Å². The van der Waals surface area contributed by atoms with E-state index in [0.29, 0.717) is 23.5 Å². The van der Waals surface area contributed by atoms with Gasteiger partial charge in [0.25, 0.3) is 0 Å². The monoisotopic (exact) mass is 390 g/mol. The van der Waals surface area contributed by atoms with Crippen molar-refractivity contribution in [3.63, 3.8) is 0 Å². The molecule has 0 saturated carbocycles. The fourth-order valence-electron chi connectivity index (χ4n) is 2.96. The lowest BCUT2D eigenvalue weighted by Crippen LogP contribution is -2.02. The highest BCUT2D eigenvalue weighted by Gasteiger charge is 2.13. The zero-order valence-electron chi connectivity index (χ0n) is 14.9. The normalized spacial score (nSPS) is 11.4. The molecule has 5 rings (SSSR count). The van der Waals surface area contributed by atoms with Crippen molar-refractivity contribution in [1.82, 2.24) is 44.5 Å². The number of aromatic nitrogens is 9. The highest BCUT2D eigenvalue weighted by molar-refractivity contribution is 7.19. The summed E-state index contributed by atoms with van der Waals surface area (Å²) in [6.07, 6.45) is 7.14. The molecular weight excluding hydrogens is 376 g/mol. The molecule has 0 atom stereocenters. The fourth-order valence-corrected chi connectivity index (χ4v) is 3.98. The van der Waals surface area contributed by atoms with Crippen LogP contribution in [-0.2, 0) is 19.6 Å². The summed E-state index contributed by atoms with van der Waals surface area (Å²) in [7, 11) is 0. The Kier molecular flexibility index (Phi) is 3.84. The predicted octanol–water partition coefficient (Wildman–Crippen LogP) is 2.09. The number of aryl methyl sites for hydroxylation is 1. The summed E-state index contributed by atoms with van der Waals surface area (Å²) in [5, 5.41) is 25.8. The molecule has 0 radical (unpaired) electrons. The van der Waals surface area contributed by atoms with Gasteiger partial charge in [0.05, 0.1) is 35.4 Å². The Bertz CT molecular complexity index is 1300. The molecule has 0 spiro atoms. The van der Waals surface area contributed by atoms with Crippen LogP contribution in [0.4, 0.5) is 0 Å². The quantitative estimate of drug-likeness (QED) is 0.451. The molecule has 11 heteroatoms. The van der Waals surface area contributed by atoms with Gasteiger partial charge in [-0.05, 0) is 13.0 Å². The second-order valence-electron chi connectivity index (χ2n) is 6.18. The summed E-state index contributed by atoms with van der Waals surface area (Å²) in [5.74, 6) is 0. The maximum absolute atomic E-state index is 8.79. The Morgan fingerprint density at radius 2 is 2.14 bits per heavy atom. The van der Waals surface area contributed by atoms with E-state index in [4.69, 9.17) is 5.26 Å². The second kappa shape index (κ2) is 6.50. The van der Waals surface area contributed by atoms with Crippen molar-refractivity contribution in [2.24, 2.45) is 0 Å². The van der Waals surface area contributed by atoms with E-state index in [1.54, 1.807) is 39.3 Å². The molecule has 0 bridgehead atoms.